The minimum Gasteiger partial charge on any atom is -0.302 e. The third-order valence-electron chi connectivity index (χ3n) is 3.67. The molecule has 0 saturated heterocycles. The Morgan fingerprint density at radius 3 is 2.50 bits per heavy atom. The number of hydrogen-bond donors (Lipinski definition) is 1. The van der Waals surface area contributed by atoms with Crippen molar-refractivity contribution >= 4 is 11.3 Å². The van der Waals surface area contributed by atoms with Crippen LogP contribution in [0, 0.1) is 5.92 Å². The molecule has 0 amide bonds. The molecular formula is C16H19NS. The third kappa shape index (κ3) is 2.65. The van der Waals surface area contributed by atoms with E-state index < -0.39 is 0 Å². The van der Waals surface area contributed by atoms with Gasteiger partial charge >= 0.3 is 0 Å². The summed E-state index contributed by atoms with van der Waals surface area (Å²) in [5, 5.41) is 5.99. The molecule has 1 nitrogen and oxygen atoms in total. The average molecular weight is 257 g/mol. The van der Waals surface area contributed by atoms with Crippen LogP contribution in [0.4, 0.5) is 0 Å². The topological polar surface area (TPSA) is 12.0 Å². The van der Waals surface area contributed by atoms with Crippen LogP contribution in [-0.2, 0) is 0 Å². The summed E-state index contributed by atoms with van der Waals surface area (Å²) in [7, 11) is 0. The van der Waals surface area contributed by atoms with Crippen molar-refractivity contribution in [2.45, 2.75) is 31.8 Å². The van der Waals surface area contributed by atoms with Crippen molar-refractivity contribution in [3.05, 3.63) is 58.3 Å². The summed E-state index contributed by atoms with van der Waals surface area (Å²) in [6.45, 7) is 2.26. The van der Waals surface area contributed by atoms with Crippen LogP contribution in [0.5, 0.6) is 0 Å². The molecule has 1 aliphatic carbocycles. The van der Waals surface area contributed by atoms with Crippen molar-refractivity contribution in [1.82, 2.24) is 5.32 Å². The van der Waals surface area contributed by atoms with E-state index in [-0.39, 0.29) is 0 Å². The van der Waals surface area contributed by atoms with Gasteiger partial charge in [0.2, 0.25) is 0 Å². The quantitative estimate of drug-likeness (QED) is 0.828. The highest BCUT2D eigenvalue weighted by molar-refractivity contribution is 7.10. The van der Waals surface area contributed by atoms with Gasteiger partial charge in [-0.15, -0.1) is 11.3 Å². The Kier molecular flexibility index (Phi) is 3.48. The molecular weight excluding hydrogens is 238 g/mol. The number of benzene rings is 1. The maximum atomic E-state index is 3.81. The van der Waals surface area contributed by atoms with Gasteiger partial charge in [0, 0.05) is 17.0 Å². The Morgan fingerprint density at radius 1 is 1.11 bits per heavy atom. The lowest BCUT2D eigenvalue weighted by molar-refractivity contribution is 0.433. The highest BCUT2D eigenvalue weighted by atomic mass is 32.1. The smallest absolute Gasteiger partial charge is 0.0448 e. The molecule has 94 valence electrons. The second kappa shape index (κ2) is 5.25. The van der Waals surface area contributed by atoms with Crippen LogP contribution in [0.2, 0.25) is 0 Å². The molecule has 2 aromatic rings. The lowest BCUT2D eigenvalue weighted by atomic mass is 10.0. The first kappa shape index (κ1) is 11.9. The van der Waals surface area contributed by atoms with Gasteiger partial charge in [-0.1, -0.05) is 36.4 Å². The average Bonchev–Trinajstić information content (AvgIpc) is 3.11. The predicted molar refractivity (Wildman–Crippen MR) is 77.8 cm³/mol. The fraction of sp³-hybridized carbons (Fsp3) is 0.375. The molecule has 2 atom stereocenters. The van der Waals surface area contributed by atoms with E-state index in [1.807, 2.05) is 11.3 Å². The molecule has 18 heavy (non-hydrogen) atoms. The molecule has 0 bridgehead atoms. The van der Waals surface area contributed by atoms with Gasteiger partial charge in [-0.3, -0.25) is 0 Å². The summed E-state index contributed by atoms with van der Waals surface area (Å²) in [5.74, 6) is 0.842. The molecule has 1 fully saturated rings. The lowest BCUT2D eigenvalue weighted by Gasteiger charge is -2.22. The predicted octanol–water partition coefficient (Wildman–Crippen LogP) is 4.55. The van der Waals surface area contributed by atoms with E-state index >= 15 is 0 Å². The van der Waals surface area contributed by atoms with E-state index in [0.29, 0.717) is 12.1 Å². The normalized spacial score (nSPS) is 18.5. The summed E-state index contributed by atoms with van der Waals surface area (Å²) >= 11 is 1.87. The van der Waals surface area contributed by atoms with Gasteiger partial charge in [0.1, 0.15) is 0 Å². The van der Waals surface area contributed by atoms with Crippen LogP contribution in [0.3, 0.4) is 0 Å². The number of hydrogen-bond acceptors (Lipinski definition) is 2. The zero-order valence-electron chi connectivity index (χ0n) is 10.7. The monoisotopic (exact) mass is 257 g/mol. The van der Waals surface area contributed by atoms with Crippen molar-refractivity contribution in [1.29, 1.82) is 0 Å². The molecule has 0 radical (unpaired) electrons. The van der Waals surface area contributed by atoms with Gasteiger partial charge in [0.25, 0.3) is 0 Å². The molecule has 1 aromatic carbocycles. The SMILES string of the molecule is CC(NC(c1cccs1)C1CC1)c1ccccc1. The van der Waals surface area contributed by atoms with Gasteiger partial charge in [0.15, 0.2) is 0 Å². The molecule has 2 heteroatoms. The highest BCUT2D eigenvalue weighted by Crippen LogP contribution is 2.43. The minimum absolute atomic E-state index is 0.416. The molecule has 0 aliphatic heterocycles. The molecule has 1 N–H and O–H groups in total. The summed E-state index contributed by atoms with van der Waals surface area (Å²) in [6, 6.07) is 16.1. The van der Waals surface area contributed by atoms with Crippen molar-refractivity contribution in [2.75, 3.05) is 0 Å². The first-order chi connectivity index (χ1) is 8.84. The van der Waals surface area contributed by atoms with E-state index in [4.69, 9.17) is 0 Å². The van der Waals surface area contributed by atoms with Gasteiger partial charge in [-0.2, -0.15) is 0 Å². The van der Waals surface area contributed by atoms with Crippen molar-refractivity contribution in [3.63, 3.8) is 0 Å². The summed E-state index contributed by atoms with van der Waals surface area (Å²) < 4.78 is 0. The molecule has 1 heterocycles. The fourth-order valence-electron chi connectivity index (χ4n) is 2.46. The van der Waals surface area contributed by atoms with Crippen LogP contribution in [-0.4, -0.2) is 0 Å². The maximum Gasteiger partial charge on any atom is 0.0448 e. The zero-order chi connectivity index (χ0) is 12.4. The largest absolute Gasteiger partial charge is 0.302 e. The third-order valence-corrected chi connectivity index (χ3v) is 4.63. The summed E-state index contributed by atoms with van der Waals surface area (Å²) in [4.78, 5) is 1.49. The maximum absolute atomic E-state index is 3.81. The molecule has 3 rings (SSSR count). The van der Waals surface area contributed by atoms with Gasteiger partial charge in [-0.25, -0.2) is 0 Å². The molecule has 1 aliphatic rings. The van der Waals surface area contributed by atoms with Crippen molar-refractivity contribution in [2.24, 2.45) is 5.92 Å². The van der Waals surface area contributed by atoms with E-state index in [1.54, 1.807) is 0 Å². The highest BCUT2D eigenvalue weighted by Gasteiger charge is 2.33. The Balaban J connectivity index is 1.73. The Hall–Kier alpha value is -1.12. The molecule has 1 saturated carbocycles. The Morgan fingerprint density at radius 2 is 1.89 bits per heavy atom. The van der Waals surface area contributed by atoms with E-state index in [9.17, 15) is 0 Å². The first-order valence-corrected chi connectivity index (χ1v) is 7.57. The van der Waals surface area contributed by atoms with Crippen LogP contribution >= 0.6 is 11.3 Å². The second-order valence-electron chi connectivity index (χ2n) is 5.13. The molecule has 1 aromatic heterocycles. The minimum atomic E-state index is 0.416. The Bertz CT molecular complexity index is 473. The fourth-order valence-corrected chi connectivity index (χ4v) is 3.33. The van der Waals surface area contributed by atoms with Gasteiger partial charge in [-0.05, 0) is 42.7 Å². The second-order valence-corrected chi connectivity index (χ2v) is 6.11. The molecule has 2 unspecified atom stereocenters. The van der Waals surface area contributed by atoms with Gasteiger partial charge < -0.3 is 5.32 Å². The van der Waals surface area contributed by atoms with Crippen molar-refractivity contribution in [3.8, 4) is 0 Å². The molecule has 0 spiro atoms. The number of nitrogens with one attached hydrogen (secondary N) is 1. The summed E-state index contributed by atoms with van der Waals surface area (Å²) in [5.41, 5.74) is 1.37. The van der Waals surface area contributed by atoms with Crippen LogP contribution in [0.1, 0.15) is 42.3 Å². The lowest BCUT2D eigenvalue weighted by Crippen LogP contribution is -2.25. The number of rotatable bonds is 5. The Labute approximate surface area is 113 Å². The van der Waals surface area contributed by atoms with Crippen LogP contribution in [0.25, 0.3) is 0 Å². The number of thiophene rings is 1. The first-order valence-electron chi connectivity index (χ1n) is 6.69. The van der Waals surface area contributed by atoms with E-state index in [0.717, 1.165) is 5.92 Å². The van der Waals surface area contributed by atoms with Gasteiger partial charge in [0.05, 0.1) is 0 Å². The standard InChI is InChI=1S/C16H19NS/c1-12(13-6-3-2-4-7-13)17-16(14-9-10-14)15-8-5-11-18-15/h2-8,11-12,14,16-17H,9-10H2,1H3. The van der Waals surface area contributed by atoms with E-state index in [1.165, 1.54) is 23.3 Å². The van der Waals surface area contributed by atoms with Crippen LogP contribution in [0.15, 0.2) is 47.8 Å². The van der Waals surface area contributed by atoms with Crippen LogP contribution < -0.4 is 5.32 Å². The zero-order valence-corrected chi connectivity index (χ0v) is 11.5. The summed E-state index contributed by atoms with van der Waals surface area (Å²) in [6.07, 6.45) is 2.74. The van der Waals surface area contributed by atoms with E-state index in [2.05, 4.69) is 60.1 Å². The van der Waals surface area contributed by atoms with Crippen molar-refractivity contribution < 1.29 is 0 Å².